The first-order chi connectivity index (χ1) is 16.8. The maximum absolute atomic E-state index is 12.2. The van der Waals surface area contributed by atoms with Crippen molar-refractivity contribution in [1.29, 1.82) is 0 Å². The van der Waals surface area contributed by atoms with Gasteiger partial charge in [0.2, 0.25) is 17.7 Å². The quantitative estimate of drug-likeness (QED) is 0.198. The molecule has 2 N–H and O–H groups in total. The molecule has 1 saturated heterocycles. The second-order valence-corrected chi connectivity index (χ2v) is 11.8. The number of nitrogens with zero attached hydrogens (tertiary/aromatic N) is 2. The number of anilines is 1. The molecule has 2 aromatic heterocycles. The monoisotopic (exact) mass is 524 g/mol. The second-order valence-electron chi connectivity index (χ2n) is 9.54. The summed E-state index contributed by atoms with van der Waals surface area (Å²) in [6.45, 7) is 6.95. The van der Waals surface area contributed by atoms with Gasteiger partial charge in [-0.05, 0) is 25.7 Å². The topological polar surface area (TPSA) is 116 Å². The molecule has 0 bridgehead atoms. The van der Waals surface area contributed by atoms with Crippen LogP contribution >= 0.6 is 23.1 Å². The summed E-state index contributed by atoms with van der Waals surface area (Å²) < 4.78 is 12.2. The lowest BCUT2D eigenvalue weighted by Crippen LogP contribution is -2.32. The summed E-state index contributed by atoms with van der Waals surface area (Å²) in [5, 5.41) is 3.46. The molecule has 3 heterocycles. The van der Waals surface area contributed by atoms with Gasteiger partial charge in [0.05, 0.1) is 22.4 Å². The Kier molecular flexibility index (Phi) is 11.0. The van der Waals surface area contributed by atoms with Gasteiger partial charge in [0, 0.05) is 31.3 Å². The minimum Gasteiger partial charge on any atom is -0.444 e. The molecule has 11 heteroatoms. The Morgan fingerprint density at radius 3 is 2.57 bits per heavy atom. The van der Waals surface area contributed by atoms with E-state index in [1.54, 1.807) is 24.2 Å². The normalized spacial score (nSPS) is 16.3. The first-order valence-electron chi connectivity index (χ1n) is 12.2. The van der Waals surface area contributed by atoms with Crippen molar-refractivity contribution in [1.82, 2.24) is 15.4 Å². The summed E-state index contributed by atoms with van der Waals surface area (Å²) in [5.41, 5.74) is 2.41. The van der Waals surface area contributed by atoms with E-state index in [0.29, 0.717) is 36.2 Å². The Labute approximate surface area is 215 Å². The van der Waals surface area contributed by atoms with Gasteiger partial charge in [0.1, 0.15) is 5.76 Å². The average Bonchev–Trinajstić information content (AvgIpc) is 3.49. The number of nitrogens with one attached hydrogen (secondary N) is 2. The molecule has 1 unspecified atom stereocenters. The van der Waals surface area contributed by atoms with Gasteiger partial charge in [-0.1, -0.05) is 44.9 Å². The molecule has 1 aliphatic rings. The zero-order valence-corrected chi connectivity index (χ0v) is 22.4. The predicted molar refractivity (Wildman–Crippen MR) is 136 cm³/mol. The number of unbranched alkanes of at least 4 members (excludes halogenated alkanes) is 3. The first-order valence-corrected chi connectivity index (χ1v) is 14.0. The van der Waals surface area contributed by atoms with Gasteiger partial charge in [-0.2, -0.15) is 0 Å². The van der Waals surface area contributed by atoms with Crippen molar-refractivity contribution in [2.75, 3.05) is 11.9 Å². The molecular formula is C24H36N4O5S2. The van der Waals surface area contributed by atoms with Crippen LogP contribution in [-0.2, 0) is 30.3 Å². The number of carbonyl (C=O) groups is 2. The molecule has 0 saturated carbocycles. The molecule has 3 rings (SSSR count). The van der Waals surface area contributed by atoms with Gasteiger partial charge < -0.3 is 14.5 Å². The molecule has 2 amide bonds. The summed E-state index contributed by atoms with van der Waals surface area (Å²) in [6.07, 6.45) is 10.3. The number of rotatable bonds is 13. The van der Waals surface area contributed by atoms with Gasteiger partial charge >= 0.3 is 0 Å². The molecule has 35 heavy (non-hydrogen) atoms. The van der Waals surface area contributed by atoms with Crippen LogP contribution < -0.4 is 10.8 Å². The molecule has 1 fully saturated rings. The number of ether oxygens (including phenoxy) is 1. The van der Waals surface area contributed by atoms with E-state index >= 15 is 0 Å². The number of aromatic nitrogens is 2. The molecule has 1 atom stereocenters. The standard InChI is InChI=1S/C24H36N4O5S2/c1-24(2,3)17-14-25-20(32-17)16-34-22-15-26-23(35-22)27-18(29)10-6-4-5-7-11-19(30)28-33-21-12-8-9-13-31-21/h14-15,21H,4-13,16H2,1-3H3,(H,28,30)(H,26,27,29). The lowest BCUT2D eigenvalue weighted by atomic mass is 9.94. The fourth-order valence-electron chi connectivity index (χ4n) is 3.33. The van der Waals surface area contributed by atoms with Crippen molar-refractivity contribution in [2.45, 2.75) is 100 Å². The average molecular weight is 525 g/mol. The van der Waals surface area contributed by atoms with Crippen LogP contribution in [0.15, 0.2) is 21.0 Å². The largest absolute Gasteiger partial charge is 0.444 e. The number of oxazole rings is 1. The Morgan fingerprint density at radius 2 is 1.89 bits per heavy atom. The van der Waals surface area contributed by atoms with E-state index in [9.17, 15) is 9.59 Å². The number of thiazole rings is 1. The number of carbonyl (C=O) groups excluding carboxylic acids is 2. The highest BCUT2D eigenvalue weighted by Gasteiger charge is 2.19. The highest BCUT2D eigenvalue weighted by Crippen LogP contribution is 2.31. The predicted octanol–water partition coefficient (Wildman–Crippen LogP) is 5.57. The van der Waals surface area contributed by atoms with Gasteiger partial charge in [-0.25, -0.2) is 20.3 Å². The van der Waals surface area contributed by atoms with E-state index in [1.165, 1.54) is 11.3 Å². The third kappa shape index (κ3) is 10.3. The molecule has 0 aliphatic carbocycles. The van der Waals surface area contributed by atoms with Gasteiger partial charge in [0.25, 0.3) is 0 Å². The first kappa shape index (κ1) is 27.6. The lowest BCUT2D eigenvalue weighted by Gasteiger charge is -2.22. The number of amides is 2. The highest BCUT2D eigenvalue weighted by molar-refractivity contribution is 8.00. The summed E-state index contributed by atoms with van der Waals surface area (Å²) in [7, 11) is 0. The van der Waals surface area contributed by atoms with Gasteiger partial charge in [-0.15, -0.1) is 11.8 Å². The minimum atomic E-state index is -0.326. The van der Waals surface area contributed by atoms with Crippen molar-refractivity contribution in [2.24, 2.45) is 0 Å². The summed E-state index contributed by atoms with van der Waals surface area (Å²) in [5.74, 6) is 1.99. The fourth-order valence-corrected chi connectivity index (χ4v) is 5.08. The summed E-state index contributed by atoms with van der Waals surface area (Å²) in [4.78, 5) is 37.9. The van der Waals surface area contributed by atoms with Crippen LogP contribution in [0.2, 0.25) is 0 Å². The second kappa shape index (κ2) is 14.0. The van der Waals surface area contributed by atoms with Crippen molar-refractivity contribution in [3.8, 4) is 0 Å². The van der Waals surface area contributed by atoms with Crippen LogP contribution in [0.3, 0.4) is 0 Å². The lowest BCUT2D eigenvalue weighted by molar-refractivity contribution is -0.200. The fraction of sp³-hybridized carbons (Fsp3) is 0.667. The third-order valence-corrected chi connectivity index (χ3v) is 7.45. The number of thioether (sulfide) groups is 1. The Bertz CT molecular complexity index is 934. The molecule has 2 aromatic rings. The molecule has 194 valence electrons. The van der Waals surface area contributed by atoms with Crippen LogP contribution in [0.5, 0.6) is 0 Å². The Morgan fingerprint density at radius 1 is 1.11 bits per heavy atom. The SMILES string of the molecule is CC(C)(C)c1cnc(CSc2cnc(NC(=O)CCCCCCC(=O)NOC3CCCCO3)s2)o1. The Balaban J connectivity index is 1.23. The van der Waals surface area contributed by atoms with Crippen molar-refractivity contribution in [3.63, 3.8) is 0 Å². The molecular weight excluding hydrogens is 488 g/mol. The van der Waals surface area contributed by atoms with Crippen molar-refractivity contribution >= 4 is 40.0 Å². The summed E-state index contributed by atoms with van der Waals surface area (Å²) in [6, 6.07) is 0. The van der Waals surface area contributed by atoms with Crippen LogP contribution in [0.4, 0.5) is 5.13 Å². The van der Waals surface area contributed by atoms with E-state index in [2.05, 4.69) is 41.5 Å². The van der Waals surface area contributed by atoms with E-state index in [0.717, 1.165) is 54.9 Å². The molecule has 0 aromatic carbocycles. The van der Waals surface area contributed by atoms with E-state index in [1.807, 2.05) is 0 Å². The van der Waals surface area contributed by atoms with Gasteiger partial charge in [-0.3, -0.25) is 9.59 Å². The third-order valence-electron chi connectivity index (χ3n) is 5.36. The number of hydrogen-bond donors (Lipinski definition) is 2. The van der Waals surface area contributed by atoms with Crippen LogP contribution in [0.1, 0.15) is 90.2 Å². The zero-order chi connectivity index (χ0) is 25.1. The van der Waals surface area contributed by atoms with E-state index < -0.39 is 0 Å². The molecule has 1 aliphatic heterocycles. The molecule has 9 nitrogen and oxygen atoms in total. The maximum atomic E-state index is 12.2. The van der Waals surface area contributed by atoms with Crippen LogP contribution in [0, 0.1) is 0 Å². The van der Waals surface area contributed by atoms with Crippen molar-refractivity contribution in [3.05, 3.63) is 24.0 Å². The zero-order valence-electron chi connectivity index (χ0n) is 20.8. The van der Waals surface area contributed by atoms with Crippen LogP contribution in [-0.4, -0.2) is 34.7 Å². The van der Waals surface area contributed by atoms with Crippen molar-refractivity contribution < 1.29 is 23.6 Å². The minimum absolute atomic E-state index is 0.0444. The number of hydroxylamine groups is 1. The number of hydrogen-bond acceptors (Lipinski definition) is 9. The van der Waals surface area contributed by atoms with Crippen LogP contribution in [0.25, 0.3) is 0 Å². The Hall–Kier alpha value is -1.95. The smallest absolute Gasteiger partial charge is 0.243 e. The summed E-state index contributed by atoms with van der Waals surface area (Å²) >= 11 is 3.03. The molecule has 0 radical (unpaired) electrons. The van der Waals surface area contributed by atoms with Gasteiger partial charge in [0.15, 0.2) is 11.4 Å². The molecule has 0 spiro atoms. The maximum Gasteiger partial charge on any atom is 0.243 e. The van der Waals surface area contributed by atoms with E-state index in [4.69, 9.17) is 14.0 Å². The van der Waals surface area contributed by atoms with E-state index in [-0.39, 0.29) is 23.5 Å². The highest BCUT2D eigenvalue weighted by atomic mass is 32.2.